The summed E-state index contributed by atoms with van der Waals surface area (Å²) in [6, 6.07) is 36.0. The van der Waals surface area contributed by atoms with Crippen LogP contribution < -0.4 is 0 Å². The Kier molecular flexibility index (Phi) is 5.82. The van der Waals surface area contributed by atoms with Crippen LogP contribution in [-0.4, -0.2) is 0 Å². The van der Waals surface area contributed by atoms with E-state index in [0.29, 0.717) is 0 Å². The summed E-state index contributed by atoms with van der Waals surface area (Å²) in [4.78, 5) is 0. The fourth-order valence-electron chi connectivity index (χ4n) is 4.16. The van der Waals surface area contributed by atoms with Gasteiger partial charge in [0.15, 0.2) is 0 Å². The molecule has 0 atom stereocenters. The predicted octanol–water partition coefficient (Wildman–Crippen LogP) is 9.08. The zero-order valence-corrected chi connectivity index (χ0v) is 20.2. The van der Waals surface area contributed by atoms with Gasteiger partial charge in [0.1, 0.15) is 0 Å². The van der Waals surface area contributed by atoms with Gasteiger partial charge in [-0.05, 0) is 61.4 Å². The molecule has 0 aliphatic rings. The molecule has 0 fully saturated rings. The van der Waals surface area contributed by atoms with Gasteiger partial charge in [-0.15, -0.1) is 0 Å². The summed E-state index contributed by atoms with van der Waals surface area (Å²) < 4.78 is 0. The Hall–Kier alpha value is -3.12. The van der Waals surface area contributed by atoms with Crippen LogP contribution in [0.4, 0.5) is 0 Å². The summed E-state index contributed by atoms with van der Waals surface area (Å²) in [5.41, 5.74) is 10.6. The number of hydrogen-bond donors (Lipinski definition) is 0. The van der Waals surface area contributed by atoms with Gasteiger partial charge in [0.05, 0.1) is 0 Å². The first-order chi connectivity index (χ1) is 15.1. The highest BCUT2D eigenvalue weighted by molar-refractivity contribution is 5.75. The van der Waals surface area contributed by atoms with Crippen LogP contribution in [0.3, 0.4) is 0 Å². The molecule has 32 heavy (non-hydrogen) atoms. The fourth-order valence-corrected chi connectivity index (χ4v) is 4.16. The molecule has 0 spiro atoms. The maximum absolute atomic E-state index is 3.08. The van der Waals surface area contributed by atoms with Crippen LogP contribution in [0.2, 0.25) is 0 Å². The highest BCUT2D eigenvalue weighted by Gasteiger charge is 2.22. The van der Waals surface area contributed by atoms with Crippen LogP contribution in [0.25, 0.3) is 33.4 Å². The van der Waals surface area contributed by atoms with Crippen molar-refractivity contribution in [2.45, 2.75) is 52.4 Å². The van der Waals surface area contributed by atoms with Gasteiger partial charge < -0.3 is 0 Å². The quantitative estimate of drug-likeness (QED) is 0.312. The first kappa shape index (κ1) is 22.1. The number of benzene rings is 4. The average Bonchev–Trinajstić information content (AvgIpc) is 2.78. The van der Waals surface area contributed by atoms with Crippen LogP contribution in [0.1, 0.15) is 52.7 Å². The normalized spacial score (nSPS) is 12.1. The van der Waals surface area contributed by atoms with Crippen LogP contribution in [0.5, 0.6) is 0 Å². The van der Waals surface area contributed by atoms with Gasteiger partial charge in [0.25, 0.3) is 0 Å². The van der Waals surface area contributed by atoms with Gasteiger partial charge in [-0.25, -0.2) is 0 Å². The lowest BCUT2D eigenvalue weighted by Crippen LogP contribution is -2.17. The fraction of sp³-hybridized carbons (Fsp3) is 0.250. The smallest absolute Gasteiger partial charge is 0.0126 e. The van der Waals surface area contributed by atoms with Crippen LogP contribution >= 0.6 is 0 Å². The largest absolute Gasteiger partial charge is 0.0579 e. The molecule has 0 aliphatic heterocycles. The first-order valence-corrected chi connectivity index (χ1v) is 11.5. The van der Waals surface area contributed by atoms with E-state index in [0.717, 1.165) is 0 Å². The number of hydrogen-bond acceptors (Lipinski definition) is 0. The summed E-state index contributed by atoms with van der Waals surface area (Å²) in [6.45, 7) is 13.8. The molecule has 0 saturated heterocycles. The average molecular weight is 418 g/mol. The Morgan fingerprint density at radius 1 is 0.469 bits per heavy atom. The van der Waals surface area contributed by atoms with Gasteiger partial charge in [0.2, 0.25) is 0 Å². The minimum atomic E-state index is 0.0836. The molecule has 161 valence electrons. The Labute approximate surface area is 194 Å². The molecule has 0 aromatic heterocycles. The first-order valence-electron chi connectivity index (χ1n) is 11.5. The van der Waals surface area contributed by atoms with Crippen LogP contribution in [0, 0.1) is 6.07 Å². The van der Waals surface area contributed by atoms with E-state index in [4.69, 9.17) is 0 Å². The van der Waals surface area contributed by atoms with E-state index in [1.165, 1.54) is 44.5 Å². The zero-order valence-electron chi connectivity index (χ0n) is 20.2. The molecule has 1 radical (unpaired) electrons. The Morgan fingerprint density at radius 2 is 0.906 bits per heavy atom. The third kappa shape index (κ3) is 4.70. The molecular weight excluding hydrogens is 384 g/mol. The minimum Gasteiger partial charge on any atom is -0.0579 e. The molecule has 4 aromatic carbocycles. The molecule has 0 amide bonds. The van der Waals surface area contributed by atoms with Crippen molar-refractivity contribution in [3.05, 3.63) is 108 Å². The summed E-state index contributed by atoms with van der Waals surface area (Å²) in [7, 11) is 0. The SMILES string of the molecule is CC(C)(C)c1ccc(-c2ccc(-c3ccc(-c4cc[c]cc4)cc3)cc2)c(C(C)(C)C)c1. The summed E-state index contributed by atoms with van der Waals surface area (Å²) >= 11 is 0. The maximum Gasteiger partial charge on any atom is -0.0126 e. The molecule has 0 bridgehead atoms. The molecule has 0 heteroatoms. The second kappa shape index (κ2) is 8.43. The van der Waals surface area contributed by atoms with Crippen LogP contribution in [-0.2, 0) is 10.8 Å². The molecule has 0 heterocycles. The molecule has 4 rings (SSSR count). The lowest BCUT2D eigenvalue weighted by molar-refractivity contribution is 0.570. The predicted molar refractivity (Wildman–Crippen MR) is 139 cm³/mol. The van der Waals surface area contributed by atoms with Gasteiger partial charge in [-0.1, -0.05) is 133 Å². The monoisotopic (exact) mass is 417 g/mol. The van der Waals surface area contributed by atoms with E-state index in [1.807, 2.05) is 12.1 Å². The van der Waals surface area contributed by atoms with Crippen LogP contribution in [0.15, 0.2) is 91.0 Å². The van der Waals surface area contributed by atoms with Crippen molar-refractivity contribution in [3.8, 4) is 33.4 Å². The standard InChI is InChI=1S/C32H33/c1-31(2,3)28-20-21-29(30(22-28)32(4,5)6)27-18-16-26(17-19-27)25-14-12-24(13-15-25)23-10-8-7-9-11-23/h8-22H,1-6H3. The van der Waals surface area contributed by atoms with E-state index < -0.39 is 0 Å². The lowest BCUT2D eigenvalue weighted by atomic mass is 9.77. The molecular formula is C32H33. The third-order valence-corrected chi connectivity index (χ3v) is 6.16. The van der Waals surface area contributed by atoms with E-state index in [2.05, 4.69) is 126 Å². The topological polar surface area (TPSA) is 0 Å². The van der Waals surface area contributed by atoms with E-state index >= 15 is 0 Å². The van der Waals surface area contributed by atoms with Crippen molar-refractivity contribution in [2.24, 2.45) is 0 Å². The van der Waals surface area contributed by atoms with Gasteiger partial charge in [0, 0.05) is 0 Å². The summed E-state index contributed by atoms with van der Waals surface area (Å²) in [5.74, 6) is 0. The molecule has 0 saturated carbocycles. The molecule has 0 nitrogen and oxygen atoms in total. The summed E-state index contributed by atoms with van der Waals surface area (Å²) in [6.07, 6.45) is 0. The van der Waals surface area contributed by atoms with Crippen molar-refractivity contribution in [1.29, 1.82) is 0 Å². The molecule has 0 aliphatic carbocycles. The minimum absolute atomic E-state index is 0.0836. The van der Waals surface area contributed by atoms with Crippen molar-refractivity contribution in [2.75, 3.05) is 0 Å². The van der Waals surface area contributed by atoms with E-state index in [1.54, 1.807) is 0 Å². The van der Waals surface area contributed by atoms with Crippen molar-refractivity contribution < 1.29 is 0 Å². The lowest BCUT2D eigenvalue weighted by Gasteiger charge is -2.27. The van der Waals surface area contributed by atoms with E-state index in [-0.39, 0.29) is 10.8 Å². The van der Waals surface area contributed by atoms with Crippen molar-refractivity contribution >= 4 is 0 Å². The van der Waals surface area contributed by atoms with Crippen molar-refractivity contribution in [1.82, 2.24) is 0 Å². The highest BCUT2D eigenvalue weighted by Crippen LogP contribution is 2.37. The zero-order chi connectivity index (χ0) is 22.9. The van der Waals surface area contributed by atoms with Crippen molar-refractivity contribution in [3.63, 3.8) is 0 Å². The Bertz CT molecular complexity index is 1180. The third-order valence-electron chi connectivity index (χ3n) is 6.16. The Morgan fingerprint density at radius 3 is 1.34 bits per heavy atom. The Balaban J connectivity index is 1.66. The second-order valence-corrected chi connectivity index (χ2v) is 10.7. The van der Waals surface area contributed by atoms with Gasteiger partial charge in [-0.2, -0.15) is 0 Å². The molecule has 0 unspecified atom stereocenters. The van der Waals surface area contributed by atoms with E-state index in [9.17, 15) is 0 Å². The van der Waals surface area contributed by atoms with Gasteiger partial charge >= 0.3 is 0 Å². The molecule has 4 aromatic rings. The number of rotatable bonds is 3. The highest BCUT2D eigenvalue weighted by atomic mass is 14.3. The molecule has 0 N–H and O–H groups in total. The second-order valence-electron chi connectivity index (χ2n) is 10.7. The maximum atomic E-state index is 3.08. The summed E-state index contributed by atoms with van der Waals surface area (Å²) in [5, 5.41) is 0. The van der Waals surface area contributed by atoms with Gasteiger partial charge in [-0.3, -0.25) is 0 Å².